The van der Waals surface area contributed by atoms with Crippen molar-refractivity contribution in [1.29, 1.82) is 0 Å². The summed E-state index contributed by atoms with van der Waals surface area (Å²) >= 11 is 0. The summed E-state index contributed by atoms with van der Waals surface area (Å²) in [4.78, 5) is 42.5. The predicted octanol–water partition coefficient (Wildman–Crippen LogP) is 0.598. The number of Topliss-reactive ketones (excluding diaryl/α,β-unsaturated/α-hetero) is 3. The van der Waals surface area contributed by atoms with E-state index in [-0.39, 0.29) is 17.3 Å². The summed E-state index contributed by atoms with van der Waals surface area (Å²) in [5.74, 6) is -2.27. The van der Waals surface area contributed by atoms with Gasteiger partial charge in [-0.2, -0.15) is 0 Å². The number of hydrogen-bond donors (Lipinski definition) is 0. The second kappa shape index (κ2) is 4.30. The normalized spacial score (nSPS) is 17.5. The van der Waals surface area contributed by atoms with Gasteiger partial charge in [0.1, 0.15) is 11.6 Å². The third kappa shape index (κ3) is 1.88. The average molecular weight is 218 g/mol. The first-order chi connectivity index (χ1) is 7.70. The van der Waals surface area contributed by atoms with Crippen molar-refractivity contribution in [2.24, 2.45) is 5.92 Å². The quantitative estimate of drug-likeness (QED) is 0.536. The molecule has 5 nitrogen and oxygen atoms in total. The van der Waals surface area contributed by atoms with Crippen LogP contribution in [0.1, 0.15) is 29.8 Å². The molecule has 1 heterocycles. The Morgan fingerprint density at radius 2 is 1.88 bits per heavy atom. The number of aromatic nitrogens is 2. The Balaban J connectivity index is 2.27. The molecule has 1 aromatic heterocycles. The Morgan fingerprint density at radius 1 is 1.19 bits per heavy atom. The van der Waals surface area contributed by atoms with Gasteiger partial charge in [0.25, 0.3) is 0 Å². The predicted molar refractivity (Wildman–Crippen MR) is 53.7 cm³/mol. The Bertz CT molecular complexity index is 426. The van der Waals surface area contributed by atoms with Gasteiger partial charge in [0.05, 0.1) is 6.20 Å². The standard InChI is InChI=1S/C11H10N2O3/c14-8-2-1-3-9(15)10(8)11(16)7-6-12-4-5-13-7/h4-6,10H,1-3H2. The van der Waals surface area contributed by atoms with Gasteiger partial charge in [-0.05, 0) is 6.42 Å². The highest BCUT2D eigenvalue weighted by molar-refractivity contribution is 6.24. The van der Waals surface area contributed by atoms with E-state index in [0.717, 1.165) is 0 Å². The van der Waals surface area contributed by atoms with Crippen LogP contribution in [0, 0.1) is 5.92 Å². The molecule has 1 aliphatic carbocycles. The first-order valence-corrected chi connectivity index (χ1v) is 5.06. The molecule has 0 unspecified atom stereocenters. The third-order valence-electron chi connectivity index (χ3n) is 2.57. The van der Waals surface area contributed by atoms with Crippen molar-refractivity contribution >= 4 is 17.3 Å². The molecule has 0 N–H and O–H groups in total. The lowest BCUT2D eigenvalue weighted by atomic mass is 9.83. The van der Waals surface area contributed by atoms with Crippen molar-refractivity contribution in [3.05, 3.63) is 24.3 Å². The fourth-order valence-electron chi connectivity index (χ4n) is 1.77. The lowest BCUT2D eigenvalue weighted by Gasteiger charge is -2.17. The van der Waals surface area contributed by atoms with E-state index in [0.29, 0.717) is 19.3 Å². The van der Waals surface area contributed by atoms with Crippen molar-refractivity contribution in [3.8, 4) is 0 Å². The highest BCUT2D eigenvalue weighted by atomic mass is 16.2. The van der Waals surface area contributed by atoms with Crippen LogP contribution in [0.4, 0.5) is 0 Å². The molecule has 0 spiro atoms. The van der Waals surface area contributed by atoms with Crippen LogP contribution >= 0.6 is 0 Å². The van der Waals surface area contributed by atoms with Gasteiger partial charge >= 0.3 is 0 Å². The van der Waals surface area contributed by atoms with Crippen LogP contribution in [0.15, 0.2) is 18.6 Å². The smallest absolute Gasteiger partial charge is 0.200 e. The molecule has 0 aromatic carbocycles. The zero-order valence-corrected chi connectivity index (χ0v) is 8.55. The number of rotatable bonds is 2. The fraction of sp³-hybridized carbons (Fsp3) is 0.364. The lowest BCUT2D eigenvalue weighted by molar-refractivity contribution is -0.133. The number of carbonyl (C=O) groups excluding carboxylic acids is 3. The maximum absolute atomic E-state index is 11.9. The second-order valence-corrected chi connectivity index (χ2v) is 3.67. The molecule has 1 fully saturated rings. The molecular formula is C11H10N2O3. The van der Waals surface area contributed by atoms with Crippen molar-refractivity contribution in [2.45, 2.75) is 19.3 Å². The average Bonchev–Trinajstić information content (AvgIpc) is 2.30. The maximum atomic E-state index is 11.9. The maximum Gasteiger partial charge on any atom is 0.200 e. The minimum Gasteiger partial charge on any atom is -0.298 e. The molecule has 0 bridgehead atoms. The zero-order chi connectivity index (χ0) is 11.5. The second-order valence-electron chi connectivity index (χ2n) is 3.67. The molecule has 0 aliphatic heterocycles. The lowest BCUT2D eigenvalue weighted by Crippen LogP contribution is -2.35. The van der Waals surface area contributed by atoms with E-state index in [4.69, 9.17) is 0 Å². The van der Waals surface area contributed by atoms with E-state index >= 15 is 0 Å². The summed E-state index contributed by atoms with van der Waals surface area (Å²) in [6.45, 7) is 0. The molecule has 0 amide bonds. The largest absolute Gasteiger partial charge is 0.298 e. The molecule has 16 heavy (non-hydrogen) atoms. The summed E-state index contributed by atoms with van der Waals surface area (Å²) in [6.07, 6.45) is 5.20. The Kier molecular flexibility index (Phi) is 2.85. The number of carbonyl (C=O) groups is 3. The minimum atomic E-state index is -1.15. The van der Waals surface area contributed by atoms with Crippen LogP contribution < -0.4 is 0 Å². The van der Waals surface area contributed by atoms with Gasteiger partial charge in [-0.3, -0.25) is 19.4 Å². The van der Waals surface area contributed by atoms with Crippen LogP contribution in [-0.2, 0) is 9.59 Å². The van der Waals surface area contributed by atoms with Crippen molar-refractivity contribution < 1.29 is 14.4 Å². The third-order valence-corrected chi connectivity index (χ3v) is 2.57. The highest BCUT2D eigenvalue weighted by Gasteiger charge is 2.37. The van der Waals surface area contributed by atoms with E-state index in [1.807, 2.05) is 0 Å². The van der Waals surface area contributed by atoms with E-state index in [1.54, 1.807) is 0 Å². The van der Waals surface area contributed by atoms with Crippen LogP contribution in [0.3, 0.4) is 0 Å². The van der Waals surface area contributed by atoms with Crippen LogP contribution in [0.25, 0.3) is 0 Å². The van der Waals surface area contributed by atoms with Crippen molar-refractivity contribution in [1.82, 2.24) is 9.97 Å². The molecule has 0 atom stereocenters. The summed E-state index contributed by atoms with van der Waals surface area (Å²) in [7, 11) is 0. The Hall–Kier alpha value is -1.91. The Labute approximate surface area is 91.9 Å². The Morgan fingerprint density at radius 3 is 2.44 bits per heavy atom. The molecule has 5 heteroatoms. The van der Waals surface area contributed by atoms with Gasteiger partial charge in [0, 0.05) is 25.2 Å². The molecular weight excluding hydrogens is 208 g/mol. The van der Waals surface area contributed by atoms with E-state index in [9.17, 15) is 14.4 Å². The van der Waals surface area contributed by atoms with Crippen molar-refractivity contribution in [2.75, 3.05) is 0 Å². The summed E-state index contributed by atoms with van der Waals surface area (Å²) < 4.78 is 0. The van der Waals surface area contributed by atoms with Gasteiger partial charge < -0.3 is 0 Å². The van der Waals surface area contributed by atoms with Crippen LogP contribution in [0.5, 0.6) is 0 Å². The molecule has 0 radical (unpaired) electrons. The number of hydrogen-bond acceptors (Lipinski definition) is 5. The van der Waals surface area contributed by atoms with Crippen LogP contribution in [0.2, 0.25) is 0 Å². The van der Waals surface area contributed by atoms with E-state index < -0.39 is 11.7 Å². The summed E-state index contributed by atoms with van der Waals surface area (Å²) in [5, 5.41) is 0. The highest BCUT2D eigenvalue weighted by Crippen LogP contribution is 2.20. The molecule has 2 rings (SSSR count). The minimum absolute atomic E-state index is 0.0797. The number of ketones is 3. The fourth-order valence-corrected chi connectivity index (χ4v) is 1.77. The van der Waals surface area contributed by atoms with E-state index in [1.165, 1.54) is 18.6 Å². The van der Waals surface area contributed by atoms with Gasteiger partial charge in [-0.15, -0.1) is 0 Å². The molecule has 0 saturated heterocycles. The molecule has 1 aliphatic rings. The first-order valence-electron chi connectivity index (χ1n) is 5.06. The van der Waals surface area contributed by atoms with Crippen molar-refractivity contribution in [3.63, 3.8) is 0 Å². The van der Waals surface area contributed by atoms with Gasteiger partial charge in [-0.1, -0.05) is 0 Å². The van der Waals surface area contributed by atoms with Gasteiger partial charge in [0.2, 0.25) is 5.78 Å². The SMILES string of the molecule is O=C1CCCC(=O)C1C(=O)c1cnccn1. The van der Waals surface area contributed by atoms with Gasteiger partial charge in [0.15, 0.2) is 11.6 Å². The molecule has 1 saturated carbocycles. The van der Waals surface area contributed by atoms with Gasteiger partial charge in [-0.25, -0.2) is 4.98 Å². The topological polar surface area (TPSA) is 77.0 Å². The zero-order valence-electron chi connectivity index (χ0n) is 8.55. The summed E-state index contributed by atoms with van der Waals surface area (Å²) in [5.41, 5.74) is 0.0797. The molecule has 1 aromatic rings. The molecule has 82 valence electrons. The van der Waals surface area contributed by atoms with E-state index in [2.05, 4.69) is 9.97 Å². The number of nitrogens with zero attached hydrogens (tertiary/aromatic N) is 2. The van der Waals surface area contributed by atoms with Crippen LogP contribution in [-0.4, -0.2) is 27.3 Å². The first kappa shape index (κ1) is 10.6. The monoisotopic (exact) mass is 218 g/mol. The summed E-state index contributed by atoms with van der Waals surface area (Å²) in [6, 6.07) is 0.